The van der Waals surface area contributed by atoms with Crippen LogP contribution in [0.3, 0.4) is 0 Å². The fraction of sp³-hybridized carbons (Fsp3) is 0.875. The van der Waals surface area contributed by atoms with Crippen LogP contribution in [0.5, 0.6) is 0 Å². The van der Waals surface area contributed by atoms with E-state index < -0.39 is 0 Å². The second-order valence-corrected chi connectivity index (χ2v) is 7.29. The number of nitrogens with zero attached hydrogens (tertiary/aromatic N) is 1. The maximum Gasteiger partial charge on any atom is 0.245 e. The van der Waals surface area contributed by atoms with Crippen LogP contribution < -0.4 is 5.32 Å². The molecule has 3 atom stereocenters. The van der Waals surface area contributed by atoms with Crippen molar-refractivity contribution in [1.29, 1.82) is 0 Å². The highest BCUT2D eigenvalue weighted by atomic mass is 16.2. The maximum absolute atomic E-state index is 12.6. The van der Waals surface area contributed by atoms with Gasteiger partial charge in [-0.3, -0.25) is 9.59 Å². The lowest BCUT2D eigenvalue weighted by Gasteiger charge is -2.42. The highest BCUT2D eigenvalue weighted by Gasteiger charge is 2.38. The first-order chi connectivity index (χ1) is 9.36. The molecule has 0 radical (unpaired) electrons. The summed E-state index contributed by atoms with van der Waals surface area (Å²) >= 11 is 0. The summed E-state index contributed by atoms with van der Waals surface area (Å²) < 4.78 is 0. The third kappa shape index (κ3) is 3.53. The van der Waals surface area contributed by atoms with E-state index in [9.17, 15) is 9.59 Å². The van der Waals surface area contributed by atoms with Crippen molar-refractivity contribution in [3.63, 3.8) is 0 Å². The van der Waals surface area contributed by atoms with Gasteiger partial charge in [-0.15, -0.1) is 0 Å². The number of carbonyl (C=O) groups is 2. The van der Waals surface area contributed by atoms with Crippen molar-refractivity contribution in [3.05, 3.63) is 0 Å². The Morgan fingerprint density at radius 2 is 1.75 bits per heavy atom. The van der Waals surface area contributed by atoms with Gasteiger partial charge in [-0.05, 0) is 43.4 Å². The number of carbonyl (C=O) groups excluding carboxylic acids is 2. The third-order valence-corrected chi connectivity index (χ3v) is 4.53. The summed E-state index contributed by atoms with van der Waals surface area (Å²) in [5.41, 5.74) is 0. The zero-order chi connectivity index (χ0) is 14.9. The molecule has 2 amide bonds. The molecule has 0 aromatic carbocycles. The fourth-order valence-corrected chi connectivity index (χ4v) is 3.83. The lowest BCUT2D eigenvalue weighted by Crippen LogP contribution is -2.61. The second-order valence-electron chi connectivity index (χ2n) is 7.29. The molecule has 1 heterocycles. The molecular weight excluding hydrogens is 252 g/mol. The Morgan fingerprint density at radius 1 is 1.15 bits per heavy atom. The van der Waals surface area contributed by atoms with Crippen molar-refractivity contribution in [3.8, 4) is 0 Å². The number of amides is 2. The van der Waals surface area contributed by atoms with Crippen LogP contribution in [-0.2, 0) is 9.59 Å². The summed E-state index contributed by atoms with van der Waals surface area (Å²) in [6, 6.07) is -0.0641. The van der Waals surface area contributed by atoms with Crippen LogP contribution in [-0.4, -0.2) is 35.3 Å². The number of rotatable bonds is 3. The zero-order valence-electron chi connectivity index (χ0n) is 13.2. The standard InChI is InChI=1S/C16H28N2O2/c1-10(2)5-14-16(20)18(9-15(19)17-14)13-7-11(3)6-12(4)8-13/h10-14H,5-9H2,1-4H3,(H,17,19). The van der Waals surface area contributed by atoms with Gasteiger partial charge in [0.25, 0.3) is 0 Å². The van der Waals surface area contributed by atoms with E-state index in [1.807, 2.05) is 4.90 Å². The van der Waals surface area contributed by atoms with E-state index in [1.54, 1.807) is 0 Å². The molecule has 1 aliphatic heterocycles. The molecule has 1 aliphatic carbocycles. The van der Waals surface area contributed by atoms with E-state index >= 15 is 0 Å². The summed E-state index contributed by atoms with van der Waals surface area (Å²) in [4.78, 5) is 26.4. The molecule has 1 saturated heterocycles. The molecule has 1 saturated carbocycles. The molecule has 4 heteroatoms. The molecule has 0 aromatic rings. The van der Waals surface area contributed by atoms with Gasteiger partial charge in [-0.1, -0.05) is 27.7 Å². The Morgan fingerprint density at radius 3 is 2.30 bits per heavy atom. The third-order valence-electron chi connectivity index (χ3n) is 4.53. The average molecular weight is 280 g/mol. The Kier molecular flexibility index (Phi) is 4.71. The van der Waals surface area contributed by atoms with E-state index in [4.69, 9.17) is 0 Å². The van der Waals surface area contributed by atoms with Crippen molar-refractivity contribution in [2.45, 2.75) is 65.5 Å². The predicted molar refractivity (Wildman–Crippen MR) is 79.1 cm³/mol. The first kappa shape index (κ1) is 15.3. The number of nitrogens with one attached hydrogen (secondary N) is 1. The molecule has 114 valence electrons. The van der Waals surface area contributed by atoms with Crippen LogP contribution in [0.2, 0.25) is 0 Å². The van der Waals surface area contributed by atoms with Gasteiger partial charge in [0.2, 0.25) is 11.8 Å². The topological polar surface area (TPSA) is 49.4 Å². The first-order valence-corrected chi connectivity index (χ1v) is 7.96. The minimum Gasteiger partial charge on any atom is -0.343 e. The molecular formula is C16H28N2O2. The van der Waals surface area contributed by atoms with Crippen LogP contribution in [0.1, 0.15) is 53.4 Å². The molecule has 0 aromatic heterocycles. The van der Waals surface area contributed by atoms with Crippen LogP contribution in [0.25, 0.3) is 0 Å². The van der Waals surface area contributed by atoms with Crippen molar-refractivity contribution in [2.75, 3.05) is 6.54 Å². The van der Waals surface area contributed by atoms with E-state index in [1.165, 1.54) is 6.42 Å². The average Bonchev–Trinajstić information content (AvgIpc) is 2.31. The minimum atomic E-state index is -0.316. The molecule has 3 unspecified atom stereocenters. The van der Waals surface area contributed by atoms with Gasteiger partial charge in [0.05, 0.1) is 6.54 Å². The highest BCUT2D eigenvalue weighted by Crippen LogP contribution is 2.32. The molecule has 20 heavy (non-hydrogen) atoms. The van der Waals surface area contributed by atoms with Crippen molar-refractivity contribution in [2.24, 2.45) is 17.8 Å². The molecule has 4 nitrogen and oxygen atoms in total. The van der Waals surface area contributed by atoms with Crippen LogP contribution in [0, 0.1) is 17.8 Å². The van der Waals surface area contributed by atoms with Gasteiger partial charge in [-0.25, -0.2) is 0 Å². The Labute approximate surface area is 122 Å². The molecule has 0 spiro atoms. The van der Waals surface area contributed by atoms with Gasteiger partial charge in [0.1, 0.15) is 6.04 Å². The SMILES string of the molecule is CC(C)CC1NC(=O)CN(C2CC(C)CC(C)C2)C1=O. The first-order valence-electron chi connectivity index (χ1n) is 7.96. The molecule has 2 rings (SSSR count). The molecule has 2 fully saturated rings. The lowest BCUT2D eigenvalue weighted by atomic mass is 9.79. The monoisotopic (exact) mass is 280 g/mol. The van der Waals surface area contributed by atoms with Crippen molar-refractivity contribution < 1.29 is 9.59 Å². The highest BCUT2D eigenvalue weighted by molar-refractivity contribution is 5.95. The van der Waals surface area contributed by atoms with E-state index in [-0.39, 0.29) is 30.4 Å². The minimum absolute atomic E-state index is 0.00105. The lowest BCUT2D eigenvalue weighted by molar-refractivity contribution is -0.148. The maximum atomic E-state index is 12.6. The Hall–Kier alpha value is -1.06. The van der Waals surface area contributed by atoms with E-state index in [0.717, 1.165) is 19.3 Å². The quantitative estimate of drug-likeness (QED) is 0.861. The van der Waals surface area contributed by atoms with Crippen LogP contribution in [0.15, 0.2) is 0 Å². The number of hydrogen-bond acceptors (Lipinski definition) is 2. The largest absolute Gasteiger partial charge is 0.343 e. The van der Waals surface area contributed by atoms with Gasteiger partial charge >= 0.3 is 0 Å². The summed E-state index contributed by atoms with van der Waals surface area (Å²) in [5, 5.41) is 2.86. The van der Waals surface area contributed by atoms with Crippen molar-refractivity contribution in [1.82, 2.24) is 10.2 Å². The van der Waals surface area contributed by atoms with Gasteiger partial charge < -0.3 is 10.2 Å². The van der Waals surface area contributed by atoms with Gasteiger partial charge in [-0.2, -0.15) is 0 Å². The summed E-state index contributed by atoms with van der Waals surface area (Å²) in [6.07, 6.45) is 4.05. The predicted octanol–water partition coefficient (Wildman–Crippen LogP) is 2.18. The van der Waals surface area contributed by atoms with Gasteiger partial charge in [0, 0.05) is 6.04 Å². The molecule has 2 aliphatic rings. The fourth-order valence-electron chi connectivity index (χ4n) is 3.83. The zero-order valence-corrected chi connectivity index (χ0v) is 13.2. The Bertz CT molecular complexity index is 371. The second kappa shape index (κ2) is 6.15. The summed E-state index contributed by atoms with van der Waals surface area (Å²) in [5.74, 6) is 1.83. The summed E-state index contributed by atoms with van der Waals surface area (Å²) in [6.45, 7) is 8.93. The van der Waals surface area contributed by atoms with Crippen LogP contribution >= 0.6 is 0 Å². The van der Waals surface area contributed by atoms with E-state index in [2.05, 4.69) is 33.0 Å². The Balaban J connectivity index is 2.09. The smallest absolute Gasteiger partial charge is 0.245 e. The molecule has 1 N–H and O–H groups in total. The number of hydrogen-bond donors (Lipinski definition) is 1. The van der Waals surface area contributed by atoms with Crippen molar-refractivity contribution >= 4 is 11.8 Å². The molecule has 0 bridgehead atoms. The van der Waals surface area contributed by atoms with Crippen LogP contribution in [0.4, 0.5) is 0 Å². The summed E-state index contributed by atoms with van der Waals surface area (Å²) in [7, 11) is 0. The van der Waals surface area contributed by atoms with E-state index in [0.29, 0.717) is 17.8 Å². The number of piperazine rings is 1. The van der Waals surface area contributed by atoms with Gasteiger partial charge in [0.15, 0.2) is 0 Å². The normalized spacial score (nSPS) is 35.4.